The maximum Gasteiger partial charge on any atom is 0.248 e. The molecular weight excluding hydrogens is 340 g/mol. The van der Waals surface area contributed by atoms with Crippen LogP contribution in [-0.2, 0) is 11.8 Å². The molecule has 0 radical (unpaired) electrons. The van der Waals surface area contributed by atoms with Crippen LogP contribution in [0.2, 0.25) is 0 Å². The lowest BCUT2D eigenvalue weighted by Gasteiger charge is -2.23. The van der Waals surface area contributed by atoms with Gasteiger partial charge >= 0.3 is 0 Å². The van der Waals surface area contributed by atoms with Crippen LogP contribution in [0.5, 0.6) is 0 Å². The highest BCUT2D eigenvalue weighted by molar-refractivity contribution is 6.05. The third-order valence-corrected chi connectivity index (χ3v) is 6.05. The zero-order chi connectivity index (χ0) is 18.8. The molecule has 2 aliphatic rings. The molecular formula is C20H20N6O. The standard InChI is InChI=1S/C20H20N6O/c1-13-9-25(19(27)20(13,12-21)16-3-4-16)17-5-6-22-26-11-14(7-18(17)26)15-8-23-24(2)10-15/h5-8,10-11,13,16H,3-4,9H2,1-2H3/t13-,20+/m0/s1. The molecule has 1 saturated carbocycles. The molecule has 1 amide bonds. The number of anilines is 1. The van der Waals surface area contributed by atoms with Gasteiger partial charge in [0.2, 0.25) is 5.91 Å². The van der Waals surface area contributed by atoms with Crippen LogP contribution < -0.4 is 4.90 Å². The van der Waals surface area contributed by atoms with E-state index in [1.54, 1.807) is 20.3 Å². The fraction of sp³-hybridized carbons (Fsp3) is 0.400. The van der Waals surface area contributed by atoms with E-state index < -0.39 is 5.41 Å². The summed E-state index contributed by atoms with van der Waals surface area (Å²) >= 11 is 0. The number of carbonyl (C=O) groups is 1. The Bertz CT molecular complexity index is 1100. The van der Waals surface area contributed by atoms with Gasteiger partial charge in [-0.1, -0.05) is 6.92 Å². The first kappa shape index (κ1) is 16.1. The van der Waals surface area contributed by atoms with Crippen molar-refractivity contribution in [3.63, 3.8) is 0 Å². The van der Waals surface area contributed by atoms with Crippen LogP contribution >= 0.6 is 0 Å². The van der Waals surface area contributed by atoms with Gasteiger partial charge in [0.05, 0.1) is 23.5 Å². The highest BCUT2D eigenvalue weighted by Gasteiger charge is 2.61. The summed E-state index contributed by atoms with van der Waals surface area (Å²) in [7, 11) is 1.88. The Morgan fingerprint density at radius 2 is 2.07 bits per heavy atom. The Hall–Kier alpha value is -3.14. The summed E-state index contributed by atoms with van der Waals surface area (Å²) in [5.74, 6) is 0.159. The van der Waals surface area contributed by atoms with Crippen LogP contribution in [-0.4, -0.2) is 31.8 Å². The van der Waals surface area contributed by atoms with E-state index in [0.717, 1.165) is 35.2 Å². The number of hydrogen-bond donors (Lipinski definition) is 0. The lowest BCUT2D eigenvalue weighted by molar-refractivity contribution is -0.124. The number of aryl methyl sites for hydroxylation is 1. The fourth-order valence-corrected chi connectivity index (χ4v) is 4.46. The molecule has 27 heavy (non-hydrogen) atoms. The molecule has 136 valence electrons. The van der Waals surface area contributed by atoms with Crippen LogP contribution in [0.1, 0.15) is 19.8 Å². The average molecular weight is 360 g/mol. The number of carbonyl (C=O) groups excluding carboxylic acids is 1. The van der Waals surface area contributed by atoms with Gasteiger partial charge in [0.25, 0.3) is 0 Å². The van der Waals surface area contributed by atoms with Crippen molar-refractivity contribution in [2.75, 3.05) is 11.4 Å². The molecule has 1 aliphatic carbocycles. The number of fused-ring (bicyclic) bond motifs is 1. The number of nitriles is 1. The SMILES string of the molecule is C[C@H]1CN(c2ccnn3cc(-c4cnn(C)c4)cc23)C(=O)[C@@]1(C#N)C1CC1. The average Bonchev–Trinajstić information content (AvgIpc) is 3.16. The van der Waals surface area contributed by atoms with Crippen molar-refractivity contribution in [1.82, 2.24) is 19.4 Å². The Balaban J connectivity index is 1.60. The van der Waals surface area contributed by atoms with E-state index in [9.17, 15) is 10.1 Å². The van der Waals surface area contributed by atoms with Gasteiger partial charge in [-0.3, -0.25) is 9.48 Å². The van der Waals surface area contributed by atoms with Gasteiger partial charge in [0, 0.05) is 49.2 Å². The summed E-state index contributed by atoms with van der Waals surface area (Å²) in [6.07, 6.45) is 9.35. The molecule has 7 heteroatoms. The van der Waals surface area contributed by atoms with Gasteiger partial charge < -0.3 is 4.90 Å². The van der Waals surface area contributed by atoms with Gasteiger partial charge in [-0.25, -0.2) is 4.52 Å². The predicted molar refractivity (Wildman–Crippen MR) is 99.7 cm³/mol. The number of rotatable bonds is 3. The number of aromatic nitrogens is 4. The number of amides is 1. The molecule has 0 spiro atoms. The molecule has 4 heterocycles. The van der Waals surface area contributed by atoms with Crippen molar-refractivity contribution in [1.29, 1.82) is 5.26 Å². The zero-order valence-electron chi connectivity index (χ0n) is 15.3. The number of nitrogens with zero attached hydrogens (tertiary/aromatic N) is 6. The summed E-state index contributed by atoms with van der Waals surface area (Å²) in [6.45, 7) is 2.59. The minimum absolute atomic E-state index is 0.0171. The molecule has 0 unspecified atom stereocenters. The molecule has 2 atom stereocenters. The Morgan fingerprint density at radius 1 is 1.26 bits per heavy atom. The van der Waals surface area contributed by atoms with Crippen LogP contribution in [0, 0.1) is 28.6 Å². The summed E-state index contributed by atoms with van der Waals surface area (Å²) < 4.78 is 3.55. The third-order valence-electron chi connectivity index (χ3n) is 6.05. The van der Waals surface area contributed by atoms with Gasteiger partial charge in [-0.2, -0.15) is 15.5 Å². The van der Waals surface area contributed by atoms with Crippen molar-refractivity contribution in [2.24, 2.45) is 24.3 Å². The van der Waals surface area contributed by atoms with Gasteiger partial charge in [-0.15, -0.1) is 0 Å². The second kappa shape index (κ2) is 5.43. The van der Waals surface area contributed by atoms with Gasteiger partial charge in [-0.05, 0) is 30.9 Å². The summed E-state index contributed by atoms with van der Waals surface area (Å²) in [4.78, 5) is 15.1. The quantitative estimate of drug-likeness (QED) is 0.719. The summed E-state index contributed by atoms with van der Waals surface area (Å²) in [5, 5.41) is 18.5. The number of hydrogen-bond acceptors (Lipinski definition) is 4. The third kappa shape index (κ3) is 2.16. The Labute approximate surface area is 156 Å². The van der Waals surface area contributed by atoms with E-state index in [1.807, 2.05) is 44.7 Å². The smallest absolute Gasteiger partial charge is 0.248 e. The van der Waals surface area contributed by atoms with E-state index in [1.165, 1.54) is 0 Å². The normalized spacial score (nSPS) is 25.3. The van der Waals surface area contributed by atoms with Crippen molar-refractivity contribution in [3.05, 3.63) is 36.9 Å². The molecule has 0 bridgehead atoms. The van der Waals surface area contributed by atoms with E-state index in [-0.39, 0.29) is 17.7 Å². The highest BCUT2D eigenvalue weighted by Crippen LogP contribution is 2.54. The van der Waals surface area contributed by atoms with E-state index in [2.05, 4.69) is 16.3 Å². The van der Waals surface area contributed by atoms with Gasteiger partial charge in [0.1, 0.15) is 5.41 Å². The van der Waals surface area contributed by atoms with E-state index in [4.69, 9.17) is 0 Å². The minimum atomic E-state index is -0.876. The maximum atomic E-state index is 13.3. The highest BCUT2D eigenvalue weighted by atomic mass is 16.2. The zero-order valence-corrected chi connectivity index (χ0v) is 15.3. The van der Waals surface area contributed by atoms with Crippen molar-refractivity contribution < 1.29 is 4.79 Å². The molecule has 0 aromatic carbocycles. The first-order valence-electron chi connectivity index (χ1n) is 9.24. The molecule has 3 aromatic rings. The molecule has 3 aromatic heterocycles. The van der Waals surface area contributed by atoms with Crippen molar-refractivity contribution in [2.45, 2.75) is 19.8 Å². The van der Waals surface area contributed by atoms with E-state index in [0.29, 0.717) is 6.54 Å². The maximum absolute atomic E-state index is 13.3. The summed E-state index contributed by atoms with van der Waals surface area (Å²) in [5.41, 5.74) is 2.80. The molecule has 1 saturated heterocycles. The Kier molecular flexibility index (Phi) is 3.23. The molecule has 1 aliphatic heterocycles. The predicted octanol–water partition coefficient (Wildman–Crippen LogP) is 2.64. The Morgan fingerprint density at radius 3 is 2.74 bits per heavy atom. The molecule has 2 fully saturated rings. The first-order chi connectivity index (χ1) is 13.0. The fourth-order valence-electron chi connectivity index (χ4n) is 4.46. The van der Waals surface area contributed by atoms with Crippen molar-refractivity contribution >= 4 is 17.1 Å². The summed E-state index contributed by atoms with van der Waals surface area (Å²) in [6, 6.07) is 6.29. The van der Waals surface area contributed by atoms with Crippen LogP contribution in [0.15, 0.2) is 36.9 Å². The lowest BCUT2D eigenvalue weighted by Crippen LogP contribution is -2.37. The van der Waals surface area contributed by atoms with Crippen LogP contribution in [0.4, 0.5) is 5.69 Å². The minimum Gasteiger partial charge on any atom is -0.309 e. The lowest BCUT2D eigenvalue weighted by atomic mass is 9.75. The van der Waals surface area contributed by atoms with Crippen LogP contribution in [0.25, 0.3) is 16.6 Å². The van der Waals surface area contributed by atoms with Crippen molar-refractivity contribution in [3.8, 4) is 17.2 Å². The first-order valence-corrected chi connectivity index (χ1v) is 9.24. The monoisotopic (exact) mass is 360 g/mol. The largest absolute Gasteiger partial charge is 0.309 e. The molecule has 7 nitrogen and oxygen atoms in total. The molecule has 0 N–H and O–H groups in total. The van der Waals surface area contributed by atoms with E-state index >= 15 is 0 Å². The molecule has 5 rings (SSSR count). The van der Waals surface area contributed by atoms with Gasteiger partial charge in [0.15, 0.2) is 0 Å². The topological polar surface area (TPSA) is 79.2 Å². The van der Waals surface area contributed by atoms with Crippen LogP contribution in [0.3, 0.4) is 0 Å². The second-order valence-electron chi connectivity index (χ2n) is 7.75. The second-order valence-corrected chi connectivity index (χ2v) is 7.75.